The summed E-state index contributed by atoms with van der Waals surface area (Å²) < 4.78 is 18.6. The highest BCUT2D eigenvalue weighted by Crippen LogP contribution is 2.19. The van der Waals surface area contributed by atoms with E-state index in [1.165, 1.54) is 44.1 Å². The molecule has 1 aromatic heterocycles. The van der Waals surface area contributed by atoms with Gasteiger partial charge in [-0.1, -0.05) is 82.6 Å². The van der Waals surface area contributed by atoms with E-state index in [4.69, 9.17) is 4.74 Å². The standard InChI is InChI=1S/C26H39FN2O/c1-3-4-5-6-7-8-12-19-30-25-20-28-26(29-21-25)24-17-15-23(16-18-24)14-11-9-10-13-22(2)27/h15-18,20-22H,3-14,19H2,1-2H3. The number of halogens is 1. The van der Waals surface area contributed by atoms with Crippen LogP contribution >= 0.6 is 0 Å². The first-order valence-electron chi connectivity index (χ1n) is 11.9. The lowest BCUT2D eigenvalue weighted by atomic mass is 10.0. The summed E-state index contributed by atoms with van der Waals surface area (Å²) in [4.78, 5) is 8.92. The molecule has 0 spiro atoms. The molecule has 1 unspecified atom stereocenters. The second-order valence-corrected chi connectivity index (χ2v) is 8.29. The predicted octanol–water partition coefficient (Wildman–Crippen LogP) is 7.73. The molecule has 0 radical (unpaired) electrons. The third-order valence-corrected chi connectivity index (χ3v) is 5.42. The van der Waals surface area contributed by atoms with Crippen LogP contribution in [0.3, 0.4) is 0 Å². The molecule has 166 valence electrons. The topological polar surface area (TPSA) is 35.0 Å². The Balaban J connectivity index is 1.66. The number of hydrogen-bond acceptors (Lipinski definition) is 3. The first kappa shape index (κ1) is 24.3. The molecule has 0 saturated heterocycles. The highest BCUT2D eigenvalue weighted by molar-refractivity contribution is 5.55. The van der Waals surface area contributed by atoms with E-state index in [0.29, 0.717) is 6.42 Å². The van der Waals surface area contributed by atoms with Crippen molar-refractivity contribution in [2.45, 2.75) is 97.1 Å². The Hall–Kier alpha value is -1.97. The summed E-state index contributed by atoms with van der Waals surface area (Å²) in [5.41, 5.74) is 2.32. The first-order valence-corrected chi connectivity index (χ1v) is 11.9. The molecule has 0 bridgehead atoms. The van der Waals surface area contributed by atoms with Gasteiger partial charge < -0.3 is 4.74 Å². The summed E-state index contributed by atoms with van der Waals surface area (Å²) in [6.45, 7) is 4.61. The average Bonchev–Trinajstić information content (AvgIpc) is 2.76. The van der Waals surface area contributed by atoms with E-state index in [-0.39, 0.29) is 0 Å². The molecule has 0 saturated carbocycles. The molecule has 0 amide bonds. The van der Waals surface area contributed by atoms with Gasteiger partial charge in [0.05, 0.1) is 25.2 Å². The second-order valence-electron chi connectivity index (χ2n) is 8.29. The van der Waals surface area contributed by atoms with Gasteiger partial charge in [-0.25, -0.2) is 14.4 Å². The predicted molar refractivity (Wildman–Crippen MR) is 124 cm³/mol. The fourth-order valence-corrected chi connectivity index (χ4v) is 3.54. The van der Waals surface area contributed by atoms with Crippen LogP contribution in [0, 0.1) is 0 Å². The summed E-state index contributed by atoms with van der Waals surface area (Å²) in [6.07, 6.45) is 16.7. The van der Waals surface area contributed by atoms with Crippen molar-refractivity contribution in [3.8, 4) is 17.1 Å². The molecule has 3 nitrogen and oxygen atoms in total. The van der Waals surface area contributed by atoms with E-state index in [9.17, 15) is 4.39 Å². The number of hydrogen-bond donors (Lipinski definition) is 0. The summed E-state index contributed by atoms with van der Waals surface area (Å²) in [7, 11) is 0. The van der Waals surface area contributed by atoms with E-state index in [1.54, 1.807) is 19.3 Å². The Morgan fingerprint density at radius 3 is 2.13 bits per heavy atom. The minimum Gasteiger partial charge on any atom is -0.490 e. The number of aryl methyl sites for hydroxylation is 1. The monoisotopic (exact) mass is 414 g/mol. The maximum absolute atomic E-state index is 12.8. The zero-order valence-electron chi connectivity index (χ0n) is 18.9. The van der Waals surface area contributed by atoms with Crippen molar-refractivity contribution in [1.82, 2.24) is 9.97 Å². The van der Waals surface area contributed by atoms with Gasteiger partial charge in [-0.2, -0.15) is 0 Å². The fourth-order valence-electron chi connectivity index (χ4n) is 3.54. The van der Waals surface area contributed by atoms with Crippen LogP contribution in [0.1, 0.15) is 90.0 Å². The molecule has 1 aromatic carbocycles. The number of ether oxygens (including phenoxy) is 1. The zero-order valence-corrected chi connectivity index (χ0v) is 18.9. The van der Waals surface area contributed by atoms with E-state index >= 15 is 0 Å². The normalized spacial score (nSPS) is 12.1. The number of rotatable bonds is 16. The molecule has 0 fully saturated rings. The molecule has 1 heterocycles. The summed E-state index contributed by atoms with van der Waals surface area (Å²) in [5, 5.41) is 0. The maximum atomic E-state index is 12.8. The molecule has 2 aromatic rings. The van der Waals surface area contributed by atoms with Gasteiger partial charge in [0, 0.05) is 5.56 Å². The molecule has 30 heavy (non-hydrogen) atoms. The highest BCUT2D eigenvalue weighted by atomic mass is 19.1. The third-order valence-electron chi connectivity index (χ3n) is 5.42. The van der Waals surface area contributed by atoms with Crippen molar-refractivity contribution in [2.24, 2.45) is 0 Å². The van der Waals surface area contributed by atoms with Crippen LogP contribution in [0.2, 0.25) is 0 Å². The van der Waals surface area contributed by atoms with Crippen LogP contribution in [0.25, 0.3) is 11.4 Å². The van der Waals surface area contributed by atoms with E-state index in [1.807, 2.05) is 0 Å². The average molecular weight is 415 g/mol. The summed E-state index contributed by atoms with van der Waals surface area (Å²) in [6, 6.07) is 8.43. The van der Waals surface area contributed by atoms with Crippen molar-refractivity contribution in [3.05, 3.63) is 42.2 Å². The van der Waals surface area contributed by atoms with Gasteiger partial charge in [0.15, 0.2) is 11.6 Å². The second kappa shape index (κ2) is 14.9. The van der Waals surface area contributed by atoms with Crippen molar-refractivity contribution < 1.29 is 9.13 Å². The van der Waals surface area contributed by atoms with Crippen LogP contribution in [-0.2, 0) is 6.42 Å². The lowest BCUT2D eigenvalue weighted by molar-refractivity contribution is 0.302. The van der Waals surface area contributed by atoms with Crippen LogP contribution in [0.5, 0.6) is 5.75 Å². The quantitative estimate of drug-likeness (QED) is 0.264. The molecular weight excluding hydrogens is 375 g/mol. The smallest absolute Gasteiger partial charge is 0.159 e. The van der Waals surface area contributed by atoms with Crippen LogP contribution in [-0.4, -0.2) is 22.7 Å². The molecule has 4 heteroatoms. The Morgan fingerprint density at radius 2 is 1.47 bits per heavy atom. The summed E-state index contributed by atoms with van der Waals surface area (Å²) in [5.74, 6) is 1.46. The maximum Gasteiger partial charge on any atom is 0.159 e. The molecule has 0 aliphatic heterocycles. The van der Waals surface area contributed by atoms with E-state index < -0.39 is 6.17 Å². The van der Waals surface area contributed by atoms with Crippen molar-refractivity contribution in [3.63, 3.8) is 0 Å². The molecule has 0 aliphatic carbocycles. The lowest BCUT2D eigenvalue weighted by Crippen LogP contribution is -1.99. The SMILES string of the molecule is CCCCCCCCCOc1cnc(-c2ccc(CCCCCC(C)F)cc2)nc1. The Morgan fingerprint density at radius 1 is 0.833 bits per heavy atom. The fraction of sp³-hybridized carbons (Fsp3) is 0.615. The molecule has 1 atom stereocenters. The number of benzene rings is 1. The molecule has 0 aliphatic rings. The third kappa shape index (κ3) is 10.2. The van der Waals surface area contributed by atoms with Gasteiger partial charge in [-0.15, -0.1) is 0 Å². The number of unbranched alkanes of at least 4 members (excludes halogenated alkanes) is 8. The first-order chi connectivity index (χ1) is 14.7. The minimum absolute atomic E-state index is 0.676. The summed E-state index contributed by atoms with van der Waals surface area (Å²) >= 11 is 0. The number of alkyl halides is 1. The zero-order chi connectivity index (χ0) is 21.4. The van der Waals surface area contributed by atoms with E-state index in [0.717, 1.165) is 55.8 Å². The van der Waals surface area contributed by atoms with Gasteiger partial charge >= 0.3 is 0 Å². The molecule has 0 N–H and O–H groups in total. The number of aromatic nitrogens is 2. The van der Waals surface area contributed by atoms with Gasteiger partial charge in [0.2, 0.25) is 0 Å². The van der Waals surface area contributed by atoms with Crippen LogP contribution in [0.4, 0.5) is 4.39 Å². The molecular formula is C26H39FN2O. The Kier molecular flexibility index (Phi) is 12.1. The van der Waals surface area contributed by atoms with Gasteiger partial charge in [-0.05, 0) is 38.2 Å². The molecule has 2 rings (SSSR count). The van der Waals surface area contributed by atoms with Crippen molar-refractivity contribution in [2.75, 3.05) is 6.61 Å². The van der Waals surface area contributed by atoms with Gasteiger partial charge in [0.25, 0.3) is 0 Å². The van der Waals surface area contributed by atoms with Crippen LogP contribution in [0.15, 0.2) is 36.7 Å². The number of nitrogens with zero attached hydrogens (tertiary/aromatic N) is 2. The Labute approximate surface area is 182 Å². The highest BCUT2D eigenvalue weighted by Gasteiger charge is 2.04. The van der Waals surface area contributed by atoms with Gasteiger partial charge in [-0.3, -0.25) is 0 Å². The van der Waals surface area contributed by atoms with Gasteiger partial charge in [0.1, 0.15) is 0 Å². The minimum atomic E-state index is -0.679. The van der Waals surface area contributed by atoms with Crippen molar-refractivity contribution >= 4 is 0 Å². The van der Waals surface area contributed by atoms with Crippen LogP contribution < -0.4 is 4.74 Å². The lowest BCUT2D eigenvalue weighted by Gasteiger charge is -2.07. The van der Waals surface area contributed by atoms with E-state index in [2.05, 4.69) is 41.2 Å². The van der Waals surface area contributed by atoms with Crippen molar-refractivity contribution in [1.29, 1.82) is 0 Å². The largest absolute Gasteiger partial charge is 0.490 e. The Bertz CT molecular complexity index is 670.